The van der Waals surface area contributed by atoms with Crippen molar-refractivity contribution in [1.29, 1.82) is 0 Å². The SMILES string of the molecule is CCCNc1ccc(CCN(C[C@H](O)COc2ccccc2)C(=O)O)cc1. The molecule has 0 aliphatic rings. The predicted octanol–water partition coefficient (Wildman–Crippen LogP) is 3.47. The predicted molar refractivity (Wildman–Crippen MR) is 106 cm³/mol. The summed E-state index contributed by atoms with van der Waals surface area (Å²) in [5.74, 6) is 0.648. The van der Waals surface area contributed by atoms with Crippen LogP contribution in [0, 0.1) is 0 Å². The molecule has 0 heterocycles. The van der Waals surface area contributed by atoms with E-state index >= 15 is 0 Å². The van der Waals surface area contributed by atoms with Gasteiger partial charge in [-0.3, -0.25) is 0 Å². The van der Waals surface area contributed by atoms with Crippen LogP contribution < -0.4 is 10.1 Å². The molecule has 2 aromatic carbocycles. The lowest BCUT2D eigenvalue weighted by atomic mass is 10.1. The fourth-order valence-corrected chi connectivity index (χ4v) is 2.60. The number of amides is 1. The van der Waals surface area contributed by atoms with Gasteiger partial charge in [0.15, 0.2) is 0 Å². The van der Waals surface area contributed by atoms with Crippen LogP contribution in [0.25, 0.3) is 0 Å². The van der Waals surface area contributed by atoms with E-state index in [1.165, 1.54) is 4.90 Å². The molecule has 2 rings (SSSR count). The summed E-state index contributed by atoms with van der Waals surface area (Å²) in [5.41, 5.74) is 2.11. The van der Waals surface area contributed by atoms with Gasteiger partial charge >= 0.3 is 6.09 Å². The number of benzene rings is 2. The van der Waals surface area contributed by atoms with Gasteiger partial charge in [-0.05, 0) is 42.7 Å². The highest BCUT2D eigenvalue weighted by Gasteiger charge is 2.17. The molecule has 0 radical (unpaired) electrons. The molecule has 3 N–H and O–H groups in total. The van der Waals surface area contributed by atoms with Crippen LogP contribution in [-0.2, 0) is 6.42 Å². The summed E-state index contributed by atoms with van der Waals surface area (Å²) < 4.78 is 5.48. The first kappa shape index (κ1) is 20.6. The number of carboxylic acid groups (broad SMARTS) is 1. The molecule has 146 valence electrons. The third-order valence-corrected chi connectivity index (χ3v) is 4.09. The average molecular weight is 372 g/mol. The van der Waals surface area contributed by atoms with Gasteiger partial charge in [-0.2, -0.15) is 0 Å². The van der Waals surface area contributed by atoms with Gasteiger partial charge in [0.05, 0.1) is 6.54 Å². The molecule has 2 aromatic rings. The summed E-state index contributed by atoms with van der Waals surface area (Å²) >= 11 is 0. The number of anilines is 1. The number of hydrogen-bond donors (Lipinski definition) is 3. The van der Waals surface area contributed by atoms with Crippen LogP contribution in [0.2, 0.25) is 0 Å². The smallest absolute Gasteiger partial charge is 0.407 e. The summed E-state index contributed by atoms with van der Waals surface area (Å²) in [7, 11) is 0. The minimum Gasteiger partial charge on any atom is -0.491 e. The summed E-state index contributed by atoms with van der Waals surface area (Å²) in [6.45, 7) is 3.42. The second kappa shape index (κ2) is 11.1. The number of carbonyl (C=O) groups is 1. The first-order chi connectivity index (χ1) is 13.1. The average Bonchev–Trinajstić information content (AvgIpc) is 2.69. The summed E-state index contributed by atoms with van der Waals surface area (Å²) in [5, 5.41) is 22.8. The van der Waals surface area contributed by atoms with Crippen molar-refractivity contribution in [2.24, 2.45) is 0 Å². The Bertz CT molecular complexity index is 676. The minimum atomic E-state index is -1.05. The van der Waals surface area contributed by atoms with Gasteiger partial charge in [0.2, 0.25) is 0 Å². The van der Waals surface area contributed by atoms with E-state index < -0.39 is 12.2 Å². The standard InChI is InChI=1S/C21H28N2O4/c1-2-13-22-18-10-8-17(9-11-18)12-14-23(21(25)26)15-19(24)16-27-20-6-4-3-5-7-20/h3-11,19,22,24H,2,12-16H2,1H3,(H,25,26)/t19-/m0/s1. The number of para-hydroxylation sites is 1. The maximum Gasteiger partial charge on any atom is 0.407 e. The molecule has 0 saturated heterocycles. The molecule has 1 atom stereocenters. The second-order valence-corrected chi connectivity index (χ2v) is 6.38. The molecule has 0 spiro atoms. The quantitative estimate of drug-likeness (QED) is 0.563. The number of aliphatic hydroxyl groups is 1. The number of hydrogen-bond acceptors (Lipinski definition) is 4. The zero-order valence-electron chi connectivity index (χ0n) is 15.7. The van der Waals surface area contributed by atoms with Crippen LogP contribution in [0.4, 0.5) is 10.5 Å². The van der Waals surface area contributed by atoms with Gasteiger partial charge in [0, 0.05) is 18.8 Å². The molecule has 6 nitrogen and oxygen atoms in total. The monoisotopic (exact) mass is 372 g/mol. The highest BCUT2D eigenvalue weighted by molar-refractivity contribution is 5.65. The van der Waals surface area contributed by atoms with Crippen molar-refractivity contribution in [2.45, 2.75) is 25.9 Å². The lowest BCUT2D eigenvalue weighted by Crippen LogP contribution is -2.40. The third-order valence-electron chi connectivity index (χ3n) is 4.09. The third kappa shape index (κ3) is 7.58. The number of nitrogens with one attached hydrogen (secondary N) is 1. The summed E-state index contributed by atoms with van der Waals surface area (Å²) in [6.07, 6.45) is -0.282. The highest BCUT2D eigenvalue weighted by atomic mass is 16.5. The first-order valence-electron chi connectivity index (χ1n) is 9.25. The van der Waals surface area contributed by atoms with E-state index in [0.29, 0.717) is 18.7 Å². The second-order valence-electron chi connectivity index (χ2n) is 6.38. The molecule has 0 unspecified atom stereocenters. The molecule has 1 amide bonds. The van der Waals surface area contributed by atoms with Crippen LogP contribution in [0.15, 0.2) is 54.6 Å². The van der Waals surface area contributed by atoms with E-state index in [1.54, 1.807) is 12.1 Å². The Balaban J connectivity index is 1.79. The Morgan fingerprint density at radius 3 is 2.48 bits per heavy atom. The molecular weight excluding hydrogens is 344 g/mol. The molecule has 0 aliphatic carbocycles. The Morgan fingerprint density at radius 1 is 1.15 bits per heavy atom. The maximum absolute atomic E-state index is 11.5. The zero-order chi connectivity index (χ0) is 19.5. The normalized spacial score (nSPS) is 11.6. The molecule has 0 bridgehead atoms. The van der Waals surface area contributed by atoms with Crippen LogP contribution in [0.1, 0.15) is 18.9 Å². The van der Waals surface area contributed by atoms with Crippen molar-refractivity contribution < 1.29 is 19.7 Å². The van der Waals surface area contributed by atoms with Gasteiger partial charge in [-0.15, -0.1) is 0 Å². The molecular formula is C21H28N2O4. The molecule has 0 fully saturated rings. The fourth-order valence-electron chi connectivity index (χ4n) is 2.60. The van der Waals surface area contributed by atoms with Crippen molar-refractivity contribution in [3.63, 3.8) is 0 Å². The summed E-state index contributed by atoms with van der Waals surface area (Å²) in [4.78, 5) is 12.7. The Labute approximate surface area is 160 Å². The van der Waals surface area contributed by atoms with Crippen LogP contribution in [-0.4, -0.2) is 53.6 Å². The Morgan fingerprint density at radius 2 is 1.85 bits per heavy atom. The van der Waals surface area contributed by atoms with E-state index in [4.69, 9.17) is 4.74 Å². The lowest BCUT2D eigenvalue weighted by Gasteiger charge is -2.22. The molecule has 6 heteroatoms. The topological polar surface area (TPSA) is 82.0 Å². The van der Waals surface area contributed by atoms with Crippen LogP contribution >= 0.6 is 0 Å². The van der Waals surface area contributed by atoms with E-state index in [2.05, 4.69) is 12.2 Å². The van der Waals surface area contributed by atoms with E-state index in [9.17, 15) is 15.0 Å². The number of rotatable bonds is 11. The molecule has 27 heavy (non-hydrogen) atoms. The zero-order valence-corrected chi connectivity index (χ0v) is 15.7. The van der Waals surface area contributed by atoms with Crippen molar-refractivity contribution in [3.05, 3.63) is 60.2 Å². The lowest BCUT2D eigenvalue weighted by molar-refractivity contribution is 0.0655. The van der Waals surface area contributed by atoms with Crippen LogP contribution in [0.5, 0.6) is 5.75 Å². The van der Waals surface area contributed by atoms with Crippen molar-refractivity contribution in [1.82, 2.24) is 4.90 Å². The minimum absolute atomic E-state index is 0.0122. The largest absolute Gasteiger partial charge is 0.491 e. The van der Waals surface area contributed by atoms with Gasteiger partial charge in [0.25, 0.3) is 0 Å². The molecule has 0 aliphatic heterocycles. The Kier molecular flexibility index (Phi) is 8.45. The van der Waals surface area contributed by atoms with Gasteiger partial charge < -0.3 is 25.2 Å². The highest BCUT2D eigenvalue weighted by Crippen LogP contribution is 2.12. The number of aliphatic hydroxyl groups excluding tert-OH is 1. The van der Waals surface area contributed by atoms with Crippen molar-refractivity contribution in [2.75, 3.05) is 31.6 Å². The number of nitrogens with zero attached hydrogens (tertiary/aromatic N) is 1. The van der Waals surface area contributed by atoms with E-state index in [0.717, 1.165) is 24.2 Å². The van der Waals surface area contributed by atoms with Crippen molar-refractivity contribution >= 4 is 11.8 Å². The van der Waals surface area contributed by atoms with E-state index in [1.807, 2.05) is 42.5 Å². The Hall–Kier alpha value is -2.73. The first-order valence-corrected chi connectivity index (χ1v) is 9.25. The van der Waals surface area contributed by atoms with Crippen molar-refractivity contribution in [3.8, 4) is 5.75 Å². The van der Waals surface area contributed by atoms with Gasteiger partial charge in [-0.25, -0.2) is 4.79 Å². The van der Waals surface area contributed by atoms with Gasteiger partial charge in [0.1, 0.15) is 18.5 Å². The summed E-state index contributed by atoms with van der Waals surface area (Å²) in [6, 6.07) is 17.1. The van der Waals surface area contributed by atoms with Crippen LogP contribution in [0.3, 0.4) is 0 Å². The molecule has 0 saturated carbocycles. The molecule has 0 aromatic heterocycles. The maximum atomic E-state index is 11.5. The number of ether oxygens (including phenoxy) is 1. The van der Waals surface area contributed by atoms with E-state index in [-0.39, 0.29) is 13.2 Å². The van der Waals surface area contributed by atoms with Gasteiger partial charge in [-0.1, -0.05) is 37.3 Å². The fraction of sp³-hybridized carbons (Fsp3) is 0.381.